The van der Waals surface area contributed by atoms with Gasteiger partial charge in [0.15, 0.2) is 0 Å². The van der Waals surface area contributed by atoms with Crippen molar-refractivity contribution in [1.82, 2.24) is 15.2 Å². The van der Waals surface area contributed by atoms with Crippen LogP contribution in [-0.4, -0.2) is 15.2 Å². The fraction of sp³-hybridized carbons (Fsp3) is 0. The minimum atomic E-state index is 0.0718. The molecule has 0 radical (unpaired) electrons. The summed E-state index contributed by atoms with van der Waals surface area (Å²) in [5.41, 5.74) is 5.07. The van der Waals surface area contributed by atoms with Crippen molar-refractivity contribution in [3.05, 3.63) is 5.82 Å². The molecule has 0 aliphatic rings. The molecule has 0 saturated carbocycles. The highest BCUT2D eigenvalue weighted by atomic mass is 15.3. The Labute approximate surface area is 45.1 Å². The van der Waals surface area contributed by atoms with Crippen molar-refractivity contribution in [2.45, 2.75) is 0 Å². The third kappa shape index (κ3) is 0.586. The molecule has 1 aromatic rings. The molecule has 0 aliphatic heterocycles. The maximum absolute atomic E-state index is 8.10. The van der Waals surface area contributed by atoms with Crippen molar-refractivity contribution >= 4 is 5.95 Å². The first-order valence-corrected chi connectivity index (χ1v) is 1.91. The highest BCUT2D eigenvalue weighted by Crippen LogP contribution is 1.87. The molecule has 0 amide bonds. The maximum Gasteiger partial charge on any atom is 0.253 e. The lowest BCUT2D eigenvalue weighted by molar-refractivity contribution is 1.08. The minimum Gasteiger partial charge on any atom is -0.368 e. The molecule has 0 unspecified atom stereocenters. The van der Waals surface area contributed by atoms with Gasteiger partial charge in [-0.25, -0.2) is 5.10 Å². The Morgan fingerprint density at radius 3 is 2.75 bits per heavy atom. The first-order chi connectivity index (χ1) is 3.83. The third-order valence-electron chi connectivity index (χ3n) is 0.603. The van der Waals surface area contributed by atoms with Crippen LogP contribution in [0.1, 0.15) is 5.82 Å². The van der Waals surface area contributed by atoms with Gasteiger partial charge in [-0.1, -0.05) is 0 Å². The first-order valence-electron chi connectivity index (χ1n) is 1.91. The number of aromatic nitrogens is 3. The van der Waals surface area contributed by atoms with Crippen molar-refractivity contribution < 1.29 is 0 Å². The summed E-state index contributed by atoms with van der Waals surface area (Å²) in [5, 5.41) is 13.8. The van der Waals surface area contributed by atoms with E-state index in [0.29, 0.717) is 0 Å². The Bertz CT molecular complexity index is 218. The van der Waals surface area contributed by atoms with Crippen molar-refractivity contribution in [1.29, 1.82) is 5.26 Å². The molecule has 0 atom stereocenters. The number of anilines is 1. The minimum absolute atomic E-state index is 0.0718. The largest absolute Gasteiger partial charge is 0.368 e. The lowest BCUT2D eigenvalue weighted by Gasteiger charge is -1.68. The quantitative estimate of drug-likeness (QED) is 0.459. The number of nitrogens with two attached hydrogens (primary N) is 1. The van der Waals surface area contributed by atoms with E-state index in [1.807, 2.05) is 0 Å². The number of hydrogen-bond acceptors (Lipinski definition) is 4. The van der Waals surface area contributed by atoms with Crippen LogP contribution in [0.5, 0.6) is 0 Å². The Kier molecular flexibility index (Phi) is 0.860. The summed E-state index contributed by atoms with van der Waals surface area (Å²) in [6, 6.07) is 1.71. The number of nitrogens with zero attached hydrogens (tertiary/aromatic N) is 3. The third-order valence-corrected chi connectivity index (χ3v) is 0.603. The van der Waals surface area contributed by atoms with Crippen LogP contribution in [0.3, 0.4) is 0 Å². The normalized spacial score (nSPS) is 8.38. The van der Waals surface area contributed by atoms with E-state index in [9.17, 15) is 0 Å². The molecule has 0 spiro atoms. The van der Waals surface area contributed by atoms with E-state index in [4.69, 9.17) is 11.0 Å². The van der Waals surface area contributed by atoms with Crippen LogP contribution in [0.2, 0.25) is 0 Å². The predicted molar refractivity (Wildman–Crippen MR) is 25.5 cm³/mol. The van der Waals surface area contributed by atoms with Gasteiger partial charge < -0.3 is 5.73 Å². The molecule has 0 fully saturated rings. The molecule has 5 heteroatoms. The monoisotopic (exact) mass is 109 g/mol. The molecule has 0 saturated heterocycles. The van der Waals surface area contributed by atoms with Crippen molar-refractivity contribution in [3.63, 3.8) is 0 Å². The van der Waals surface area contributed by atoms with Crippen LogP contribution in [0.4, 0.5) is 5.95 Å². The number of nitrogen functional groups attached to an aromatic ring is 1. The van der Waals surface area contributed by atoms with Gasteiger partial charge in [0.2, 0.25) is 5.95 Å². The van der Waals surface area contributed by atoms with Crippen molar-refractivity contribution in [2.75, 3.05) is 5.73 Å². The van der Waals surface area contributed by atoms with Gasteiger partial charge in [-0.05, 0) is 0 Å². The van der Waals surface area contributed by atoms with Gasteiger partial charge in [0.1, 0.15) is 6.07 Å². The van der Waals surface area contributed by atoms with Crippen molar-refractivity contribution in [2.24, 2.45) is 0 Å². The summed E-state index contributed by atoms with van der Waals surface area (Å²) in [5.74, 6) is 0.240. The lowest BCUT2D eigenvalue weighted by Crippen LogP contribution is -1.85. The maximum atomic E-state index is 8.10. The number of H-pyrrole nitrogens is 1. The first kappa shape index (κ1) is 4.59. The molecule has 0 bridgehead atoms. The Hall–Kier alpha value is -1.57. The zero-order valence-electron chi connectivity index (χ0n) is 3.92. The summed E-state index contributed by atoms with van der Waals surface area (Å²) < 4.78 is 0. The van der Waals surface area contributed by atoms with Crippen LogP contribution in [-0.2, 0) is 0 Å². The van der Waals surface area contributed by atoms with Crippen LogP contribution in [0.25, 0.3) is 0 Å². The van der Waals surface area contributed by atoms with E-state index >= 15 is 0 Å². The zero-order chi connectivity index (χ0) is 5.98. The van der Waals surface area contributed by atoms with E-state index in [-0.39, 0.29) is 11.8 Å². The number of rotatable bonds is 0. The summed E-state index contributed by atoms with van der Waals surface area (Å²) in [6.07, 6.45) is 0. The summed E-state index contributed by atoms with van der Waals surface area (Å²) in [4.78, 5) is 3.48. The topological polar surface area (TPSA) is 91.4 Å². The number of aromatic amines is 1. The molecule has 5 nitrogen and oxygen atoms in total. The fourth-order valence-electron chi connectivity index (χ4n) is 0.324. The second kappa shape index (κ2) is 1.50. The standard InChI is InChI=1S/C3H3N5/c4-1-2-6-3(5)8-7-2/h(H3,5,6,7,8). The number of nitrogens with one attached hydrogen (secondary N) is 1. The fourth-order valence-corrected chi connectivity index (χ4v) is 0.324. The van der Waals surface area contributed by atoms with Gasteiger partial charge in [-0.2, -0.15) is 10.2 Å². The molecule has 1 rings (SSSR count). The van der Waals surface area contributed by atoms with Gasteiger partial charge in [0.05, 0.1) is 0 Å². The van der Waals surface area contributed by atoms with Crippen LogP contribution < -0.4 is 5.73 Å². The molecule has 1 aromatic heterocycles. The Balaban J connectivity index is 3.05. The Morgan fingerprint density at radius 2 is 2.50 bits per heavy atom. The SMILES string of the molecule is N#Cc1n[nH]c(N)n1. The molecule has 0 aromatic carbocycles. The van der Waals surface area contributed by atoms with E-state index < -0.39 is 0 Å². The number of hydrogen-bond donors (Lipinski definition) is 2. The molecular formula is C3H3N5. The summed E-state index contributed by atoms with van der Waals surface area (Å²) in [7, 11) is 0. The van der Waals surface area contributed by atoms with E-state index in [0.717, 1.165) is 0 Å². The van der Waals surface area contributed by atoms with Crippen molar-refractivity contribution in [3.8, 4) is 6.07 Å². The van der Waals surface area contributed by atoms with E-state index in [1.54, 1.807) is 6.07 Å². The second-order valence-corrected chi connectivity index (χ2v) is 1.16. The molecule has 8 heavy (non-hydrogen) atoms. The smallest absolute Gasteiger partial charge is 0.253 e. The van der Waals surface area contributed by atoms with Gasteiger partial charge in [-0.3, -0.25) is 0 Å². The molecule has 0 aliphatic carbocycles. The van der Waals surface area contributed by atoms with Gasteiger partial charge >= 0.3 is 0 Å². The molecular weight excluding hydrogens is 106 g/mol. The average Bonchev–Trinajstić information content (AvgIpc) is 2.14. The van der Waals surface area contributed by atoms with Crippen LogP contribution in [0.15, 0.2) is 0 Å². The lowest BCUT2D eigenvalue weighted by atomic mass is 10.7. The number of nitriles is 1. The van der Waals surface area contributed by atoms with E-state index in [2.05, 4.69) is 15.2 Å². The van der Waals surface area contributed by atoms with Crippen LogP contribution >= 0.6 is 0 Å². The highest BCUT2D eigenvalue weighted by Gasteiger charge is 1.93. The summed E-state index contributed by atoms with van der Waals surface area (Å²) >= 11 is 0. The average molecular weight is 109 g/mol. The predicted octanol–water partition coefficient (Wildman–Crippen LogP) is -0.741. The zero-order valence-corrected chi connectivity index (χ0v) is 3.92. The van der Waals surface area contributed by atoms with Crippen LogP contribution in [0, 0.1) is 11.3 Å². The van der Waals surface area contributed by atoms with Gasteiger partial charge in [-0.15, -0.1) is 5.10 Å². The summed E-state index contributed by atoms with van der Waals surface area (Å²) in [6.45, 7) is 0. The van der Waals surface area contributed by atoms with Gasteiger partial charge in [0, 0.05) is 0 Å². The Morgan fingerprint density at radius 1 is 1.75 bits per heavy atom. The second-order valence-electron chi connectivity index (χ2n) is 1.16. The van der Waals surface area contributed by atoms with Gasteiger partial charge in [0.25, 0.3) is 5.82 Å². The van der Waals surface area contributed by atoms with E-state index in [1.165, 1.54) is 0 Å². The molecule has 40 valence electrons. The highest BCUT2D eigenvalue weighted by molar-refractivity contribution is 5.19. The molecule has 3 N–H and O–H groups in total. The molecule has 1 heterocycles.